The van der Waals surface area contributed by atoms with Crippen molar-refractivity contribution >= 4 is 27.3 Å². The van der Waals surface area contributed by atoms with E-state index in [2.05, 4.69) is 0 Å². The van der Waals surface area contributed by atoms with E-state index >= 15 is 0 Å². The molecule has 0 saturated carbocycles. The van der Waals surface area contributed by atoms with Crippen LogP contribution in [0.1, 0.15) is 23.5 Å². The topological polar surface area (TPSA) is 104 Å². The molecule has 1 aromatic heterocycles. The molecule has 1 aromatic rings. The zero-order valence-corrected chi connectivity index (χ0v) is 13.3. The Labute approximate surface area is 126 Å². The third-order valence-electron chi connectivity index (χ3n) is 3.09. The smallest absolute Gasteiger partial charge is 0.347 e. The number of sulfonamides is 1. The molecule has 2 rings (SSSR count). The molecular formula is C12H17NO6S2. The van der Waals surface area contributed by atoms with E-state index in [1.54, 1.807) is 13.8 Å². The van der Waals surface area contributed by atoms with Crippen molar-refractivity contribution in [2.24, 2.45) is 0 Å². The molecule has 0 radical (unpaired) electrons. The lowest BCUT2D eigenvalue weighted by Crippen LogP contribution is -2.55. The quantitative estimate of drug-likeness (QED) is 0.835. The number of aliphatic hydroxyl groups is 1. The number of thiophene rings is 1. The van der Waals surface area contributed by atoms with Crippen LogP contribution in [0.2, 0.25) is 0 Å². The zero-order chi connectivity index (χ0) is 15.8. The van der Waals surface area contributed by atoms with Crippen molar-refractivity contribution in [3.8, 4) is 0 Å². The number of nitrogens with zero attached hydrogens (tertiary/aromatic N) is 1. The molecule has 9 heteroatoms. The highest BCUT2D eigenvalue weighted by Gasteiger charge is 2.40. The number of carboxylic acids is 1. The predicted octanol–water partition coefficient (Wildman–Crippen LogP) is 0.607. The fraction of sp³-hybridized carbons (Fsp3) is 0.583. The summed E-state index contributed by atoms with van der Waals surface area (Å²) in [5.41, 5.74) is -0.752. The summed E-state index contributed by atoms with van der Waals surface area (Å²) >= 11 is 0.869. The van der Waals surface area contributed by atoms with Gasteiger partial charge in [-0.1, -0.05) is 0 Å². The van der Waals surface area contributed by atoms with Crippen LogP contribution in [0, 0.1) is 0 Å². The molecule has 21 heavy (non-hydrogen) atoms. The summed E-state index contributed by atoms with van der Waals surface area (Å²) in [6, 6.07) is 1.29. The Hall–Kier alpha value is -1.00. The number of hydrogen-bond donors (Lipinski definition) is 2. The first-order chi connectivity index (χ1) is 9.67. The van der Waals surface area contributed by atoms with Gasteiger partial charge in [0.25, 0.3) is 0 Å². The molecule has 1 unspecified atom stereocenters. The number of morpholine rings is 1. The van der Waals surface area contributed by atoms with Crippen LogP contribution in [0.25, 0.3) is 0 Å². The maximum atomic E-state index is 12.7. The predicted molar refractivity (Wildman–Crippen MR) is 76.1 cm³/mol. The molecule has 1 aliphatic rings. The molecule has 0 aromatic carbocycles. The van der Waals surface area contributed by atoms with Crippen molar-refractivity contribution in [2.75, 3.05) is 19.7 Å². The number of hydrogen-bond acceptors (Lipinski definition) is 6. The van der Waals surface area contributed by atoms with Crippen LogP contribution in [0.3, 0.4) is 0 Å². The van der Waals surface area contributed by atoms with Crippen LogP contribution in [0.5, 0.6) is 0 Å². The minimum atomic E-state index is -3.94. The van der Waals surface area contributed by atoms with E-state index < -0.39 is 27.7 Å². The van der Waals surface area contributed by atoms with E-state index in [0.717, 1.165) is 11.3 Å². The molecule has 118 valence electrons. The first kappa shape index (κ1) is 16.4. The summed E-state index contributed by atoms with van der Waals surface area (Å²) in [7, 11) is -3.94. The van der Waals surface area contributed by atoms with Crippen LogP contribution in [0.15, 0.2) is 16.3 Å². The van der Waals surface area contributed by atoms with Crippen molar-refractivity contribution in [2.45, 2.75) is 30.4 Å². The third kappa shape index (κ3) is 3.27. The molecular weight excluding hydrogens is 318 g/mol. The van der Waals surface area contributed by atoms with Gasteiger partial charge < -0.3 is 14.9 Å². The van der Waals surface area contributed by atoms with Crippen LogP contribution in [0.4, 0.5) is 0 Å². The second kappa shape index (κ2) is 5.65. The Bertz CT molecular complexity index is 636. The fourth-order valence-corrected chi connectivity index (χ4v) is 5.17. The second-order valence-corrected chi connectivity index (χ2v) is 8.22. The molecule has 0 bridgehead atoms. The van der Waals surface area contributed by atoms with E-state index in [4.69, 9.17) is 9.84 Å². The summed E-state index contributed by atoms with van der Waals surface area (Å²) in [4.78, 5) is 10.7. The Kier molecular flexibility index (Phi) is 4.41. The summed E-state index contributed by atoms with van der Waals surface area (Å²) in [6.45, 7) is 3.24. The average molecular weight is 335 g/mol. The summed E-state index contributed by atoms with van der Waals surface area (Å²) < 4.78 is 32.1. The maximum absolute atomic E-state index is 12.7. The van der Waals surface area contributed by atoms with Crippen molar-refractivity contribution in [3.05, 3.63) is 16.3 Å². The van der Waals surface area contributed by atoms with Gasteiger partial charge in [0, 0.05) is 13.1 Å². The Balaban J connectivity index is 2.39. The molecule has 7 nitrogen and oxygen atoms in total. The van der Waals surface area contributed by atoms with Crippen molar-refractivity contribution in [3.63, 3.8) is 0 Å². The Morgan fingerprint density at radius 1 is 1.57 bits per heavy atom. The number of carboxylic acid groups (broad SMARTS) is 1. The van der Waals surface area contributed by atoms with Gasteiger partial charge in [0.05, 0.1) is 18.3 Å². The Morgan fingerprint density at radius 3 is 2.81 bits per heavy atom. The molecule has 1 saturated heterocycles. The average Bonchev–Trinajstić information content (AvgIpc) is 2.86. The van der Waals surface area contributed by atoms with E-state index in [1.807, 2.05) is 0 Å². The monoisotopic (exact) mass is 335 g/mol. The third-order valence-corrected chi connectivity index (χ3v) is 5.98. The molecule has 0 aliphatic carbocycles. The SMILES string of the molecule is CC1(C)CN(S(=O)(=O)c2ccsc2C(=O)O)CC(CO)O1. The Morgan fingerprint density at radius 2 is 2.24 bits per heavy atom. The highest BCUT2D eigenvalue weighted by Crippen LogP contribution is 2.30. The van der Waals surface area contributed by atoms with Gasteiger partial charge in [-0.2, -0.15) is 4.31 Å². The van der Waals surface area contributed by atoms with E-state index in [-0.39, 0.29) is 29.5 Å². The van der Waals surface area contributed by atoms with E-state index in [1.165, 1.54) is 15.8 Å². The van der Waals surface area contributed by atoms with Gasteiger partial charge >= 0.3 is 5.97 Å². The van der Waals surface area contributed by atoms with Gasteiger partial charge in [0.2, 0.25) is 10.0 Å². The largest absolute Gasteiger partial charge is 0.477 e. The number of aliphatic hydroxyl groups excluding tert-OH is 1. The summed E-state index contributed by atoms with van der Waals surface area (Å²) in [5.74, 6) is -1.27. The second-order valence-electron chi connectivity index (χ2n) is 5.40. The van der Waals surface area contributed by atoms with Crippen molar-refractivity contribution in [1.29, 1.82) is 0 Å². The lowest BCUT2D eigenvalue weighted by atomic mass is 10.1. The van der Waals surface area contributed by atoms with Crippen LogP contribution in [-0.2, 0) is 14.8 Å². The molecule has 2 N–H and O–H groups in total. The first-order valence-electron chi connectivity index (χ1n) is 6.27. The minimum absolute atomic E-state index is 0.00281. The van der Waals surface area contributed by atoms with Gasteiger partial charge in [-0.25, -0.2) is 13.2 Å². The van der Waals surface area contributed by atoms with Crippen LogP contribution < -0.4 is 0 Å². The molecule has 0 amide bonds. The molecule has 1 atom stereocenters. The zero-order valence-electron chi connectivity index (χ0n) is 11.6. The maximum Gasteiger partial charge on any atom is 0.347 e. The number of carbonyl (C=O) groups is 1. The molecule has 2 heterocycles. The van der Waals surface area contributed by atoms with Gasteiger partial charge in [0.15, 0.2) is 0 Å². The number of rotatable bonds is 4. The lowest BCUT2D eigenvalue weighted by Gasteiger charge is -2.41. The first-order valence-corrected chi connectivity index (χ1v) is 8.59. The van der Waals surface area contributed by atoms with Gasteiger partial charge in [-0.15, -0.1) is 11.3 Å². The summed E-state index contributed by atoms with van der Waals surface area (Å²) in [5, 5.41) is 19.8. The van der Waals surface area contributed by atoms with Crippen LogP contribution in [-0.4, -0.2) is 60.3 Å². The van der Waals surface area contributed by atoms with Gasteiger partial charge in [-0.3, -0.25) is 0 Å². The normalized spacial score (nSPS) is 23.1. The lowest BCUT2D eigenvalue weighted by molar-refractivity contribution is -0.131. The van der Waals surface area contributed by atoms with Crippen LogP contribution >= 0.6 is 11.3 Å². The number of ether oxygens (including phenoxy) is 1. The summed E-state index contributed by atoms with van der Waals surface area (Å²) in [6.07, 6.45) is -0.629. The minimum Gasteiger partial charge on any atom is -0.477 e. The fourth-order valence-electron chi connectivity index (χ4n) is 2.32. The highest BCUT2D eigenvalue weighted by atomic mass is 32.2. The van der Waals surface area contributed by atoms with Crippen molar-refractivity contribution in [1.82, 2.24) is 4.31 Å². The highest BCUT2D eigenvalue weighted by molar-refractivity contribution is 7.89. The van der Waals surface area contributed by atoms with E-state index in [9.17, 15) is 18.3 Å². The van der Waals surface area contributed by atoms with Crippen molar-refractivity contribution < 1.29 is 28.2 Å². The van der Waals surface area contributed by atoms with E-state index in [0.29, 0.717) is 0 Å². The number of aromatic carboxylic acids is 1. The standard InChI is InChI=1S/C12H17NO6S2/c1-12(2)7-13(5-8(6-14)19-12)21(17,18)9-3-4-20-10(9)11(15)16/h3-4,8,14H,5-7H2,1-2H3,(H,15,16). The molecule has 0 spiro atoms. The molecule has 1 aliphatic heterocycles. The van der Waals surface area contributed by atoms with Gasteiger partial charge in [-0.05, 0) is 25.3 Å². The van der Waals surface area contributed by atoms with Gasteiger partial charge in [0.1, 0.15) is 9.77 Å². The molecule has 1 fully saturated rings.